The van der Waals surface area contributed by atoms with Gasteiger partial charge in [-0.15, -0.1) is 24.8 Å². The van der Waals surface area contributed by atoms with Crippen molar-refractivity contribution in [3.05, 3.63) is 29.6 Å². The number of nitrogens with one attached hydrogen (secondary N) is 2. The summed E-state index contributed by atoms with van der Waals surface area (Å²) in [6.45, 7) is 4.33. The summed E-state index contributed by atoms with van der Waals surface area (Å²) >= 11 is 0. The third-order valence-corrected chi connectivity index (χ3v) is 3.68. The first-order valence-electron chi connectivity index (χ1n) is 6.82. The number of carbonyl (C=O) groups is 1. The molecule has 1 fully saturated rings. The lowest BCUT2D eigenvalue weighted by Crippen LogP contribution is -2.45. The molecule has 1 saturated heterocycles. The van der Waals surface area contributed by atoms with Gasteiger partial charge in [0.15, 0.2) is 0 Å². The molecule has 0 spiro atoms. The summed E-state index contributed by atoms with van der Waals surface area (Å²) in [4.78, 5) is 15.5. The highest BCUT2D eigenvalue weighted by molar-refractivity contribution is 5.92. The Bertz CT molecular complexity index is 503. The van der Waals surface area contributed by atoms with Crippen molar-refractivity contribution in [2.24, 2.45) is 5.41 Å². The Hall–Kier alpha value is -1.05. The molecule has 1 aromatic rings. The third-order valence-electron chi connectivity index (χ3n) is 3.68. The van der Waals surface area contributed by atoms with E-state index in [-0.39, 0.29) is 35.9 Å². The topological polar surface area (TPSA) is 54.0 Å². The van der Waals surface area contributed by atoms with Gasteiger partial charge in [-0.3, -0.25) is 9.78 Å². The molecule has 1 aliphatic heterocycles. The van der Waals surface area contributed by atoms with E-state index in [9.17, 15) is 18.0 Å². The van der Waals surface area contributed by atoms with E-state index >= 15 is 0 Å². The maximum atomic E-state index is 12.4. The number of pyridine rings is 1. The normalized spacial score (nSPS) is 20.9. The van der Waals surface area contributed by atoms with E-state index in [2.05, 4.69) is 22.5 Å². The zero-order valence-electron chi connectivity index (χ0n) is 12.6. The summed E-state index contributed by atoms with van der Waals surface area (Å²) < 4.78 is 37.2. The second-order valence-corrected chi connectivity index (χ2v) is 5.70. The molecule has 0 aliphatic carbocycles. The molecule has 9 heteroatoms. The van der Waals surface area contributed by atoms with Gasteiger partial charge >= 0.3 is 6.18 Å². The first-order valence-corrected chi connectivity index (χ1v) is 6.82. The van der Waals surface area contributed by atoms with Crippen LogP contribution >= 0.6 is 24.8 Å². The van der Waals surface area contributed by atoms with Gasteiger partial charge in [0.05, 0.1) is 5.56 Å². The highest BCUT2D eigenvalue weighted by Crippen LogP contribution is 2.28. The van der Waals surface area contributed by atoms with Crippen molar-refractivity contribution in [3.8, 4) is 0 Å². The second-order valence-electron chi connectivity index (χ2n) is 5.70. The number of amides is 1. The van der Waals surface area contributed by atoms with Crippen molar-refractivity contribution < 1.29 is 18.0 Å². The second kappa shape index (κ2) is 8.70. The molecule has 0 saturated carbocycles. The molecule has 0 aromatic carbocycles. The molecule has 1 unspecified atom stereocenters. The molecule has 1 amide bonds. The van der Waals surface area contributed by atoms with E-state index in [4.69, 9.17) is 0 Å². The zero-order valence-corrected chi connectivity index (χ0v) is 14.2. The Balaban J connectivity index is 0.00000242. The largest absolute Gasteiger partial charge is 0.417 e. The maximum Gasteiger partial charge on any atom is 0.417 e. The lowest BCUT2D eigenvalue weighted by molar-refractivity contribution is -0.137. The van der Waals surface area contributed by atoms with Crippen molar-refractivity contribution in [1.82, 2.24) is 15.6 Å². The summed E-state index contributed by atoms with van der Waals surface area (Å²) in [5.74, 6) is -0.449. The van der Waals surface area contributed by atoms with E-state index in [1.54, 1.807) is 0 Å². The monoisotopic (exact) mass is 373 g/mol. The molecule has 1 atom stereocenters. The Morgan fingerprint density at radius 1 is 1.39 bits per heavy atom. The predicted octanol–water partition coefficient (Wildman–Crippen LogP) is 3.06. The summed E-state index contributed by atoms with van der Waals surface area (Å²) in [6, 6.07) is 1.96. The van der Waals surface area contributed by atoms with E-state index in [1.165, 1.54) is 0 Å². The number of halogens is 5. The lowest BCUT2D eigenvalue weighted by atomic mass is 9.83. The van der Waals surface area contributed by atoms with E-state index < -0.39 is 17.6 Å². The van der Waals surface area contributed by atoms with Crippen LogP contribution in [0.4, 0.5) is 13.2 Å². The summed E-state index contributed by atoms with van der Waals surface area (Å²) in [5.41, 5.74) is -0.891. The van der Waals surface area contributed by atoms with Crippen LogP contribution in [0.5, 0.6) is 0 Å². The first-order chi connectivity index (χ1) is 9.80. The van der Waals surface area contributed by atoms with Crippen molar-refractivity contribution in [1.29, 1.82) is 0 Å². The molecule has 1 aromatic heterocycles. The van der Waals surface area contributed by atoms with Gasteiger partial charge in [0.1, 0.15) is 5.69 Å². The summed E-state index contributed by atoms with van der Waals surface area (Å²) in [5, 5.41) is 6.02. The van der Waals surface area contributed by atoms with Gasteiger partial charge in [0.2, 0.25) is 0 Å². The Kier molecular flexibility index (Phi) is 8.31. The fourth-order valence-electron chi connectivity index (χ4n) is 2.35. The number of rotatable bonds is 3. The summed E-state index contributed by atoms with van der Waals surface area (Å²) in [7, 11) is 0. The van der Waals surface area contributed by atoms with Crippen LogP contribution in [0.25, 0.3) is 0 Å². The third kappa shape index (κ3) is 6.16. The van der Waals surface area contributed by atoms with Gasteiger partial charge in [-0.25, -0.2) is 0 Å². The zero-order chi connectivity index (χ0) is 15.5. The van der Waals surface area contributed by atoms with Crippen molar-refractivity contribution in [2.75, 3.05) is 19.6 Å². The molecule has 2 N–H and O–H groups in total. The quantitative estimate of drug-likeness (QED) is 0.855. The maximum absolute atomic E-state index is 12.4. The highest BCUT2D eigenvalue weighted by Gasteiger charge is 2.31. The van der Waals surface area contributed by atoms with Crippen LogP contribution in [-0.4, -0.2) is 30.5 Å². The average Bonchev–Trinajstić information content (AvgIpc) is 2.45. The number of piperidine rings is 1. The molecule has 23 heavy (non-hydrogen) atoms. The van der Waals surface area contributed by atoms with Crippen LogP contribution in [0.1, 0.15) is 35.8 Å². The minimum Gasteiger partial charge on any atom is -0.350 e. The van der Waals surface area contributed by atoms with E-state index in [0.29, 0.717) is 12.7 Å². The number of aromatic nitrogens is 1. The van der Waals surface area contributed by atoms with Crippen molar-refractivity contribution in [2.45, 2.75) is 25.9 Å². The van der Waals surface area contributed by atoms with Crippen LogP contribution in [0.15, 0.2) is 18.3 Å². The molecule has 2 rings (SSSR count). The molecule has 0 bridgehead atoms. The minimum atomic E-state index is -4.44. The number of alkyl halides is 3. The van der Waals surface area contributed by atoms with Crippen molar-refractivity contribution in [3.63, 3.8) is 0 Å². The highest BCUT2D eigenvalue weighted by atomic mass is 35.5. The fraction of sp³-hybridized carbons (Fsp3) is 0.571. The molecule has 1 aliphatic rings. The molecule has 2 heterocycles. The Morgan fingerprint density at radius 2 is 2.09 bits per heavy atom. The lowest BCUT2D eigenvalue weighted by Gasteiger charge is -2.34. The molecule has 0 radical (unpaired) electrons. The molecular formula is C14H20Cl2F3N3O. The Morgan fingerprint density at radius 3 is 2.57 bits per heavy atom. The summed E-state index contributed by atoms with van der Waals surface area (Å²) in [6.07, 6.45) is -1.71. The first kappa shape index (κ1) is 21.9. The van der Waals surface area contributed by atoms with Crippen LogP contribution < -0.4 is 10.6 Å². The van der Waals surface area contributed by atoms with Crippen LogP contribution in [0, 0.1) is 5.41 Å². The predicted molar refractivity (Wildman–Crippen MR) is 86.3 cm³/mol. The number of carbonyl (C=O) groups excluding carboxylic acids is 1. The van der Waals surface area contributed by atoms with Gasteiger partial charge in [0, 0.05) is 19.3 Å². The van der Waals surface area contributed by atoms with Gasteiger partial charge in [-0.2, -0.15) is 13.2 Å². The van der Waals surface area contributed by atoms with Crippen LogP contribution in [0.3, 0.4) is 0 Å². The molecular weight excluding hydrogens is 354 g/mol. The van der Waals surface area contributed by atoms with Crippen LogP contribution in [0.2, 0.25) is 0 Å². The molecule has 4 nitrogen and oxygen atoms in total. The smallest absolute Gasteiger partial charge is 0.350 e. The van der Waals surface area contributed by atoms with Crippen molar-refractivity contribution >= 4 is 30.7 Å². The Labute approximate surface area is 145 Å². The van der Waals surface area contributed by atoms with Gasteiger partial charge in [0.25, 0.3) is 5.91 Å². The SMILES string of the molecule is CC1(CNC(=O)c2ccc(C(F)(F)F)cn2)CCCNC1.Cl.Cl. The van der Waals surface area contributed by atoms with Crippen LogP contribution in [-0.2, 0) is 6.18 Å². The number of hydrogen-bond acceptors (Lipinski definition) is 3. The number of nitrogens with zero attached hydrogens (tertiary/aromatic N) is 1. The average molecular weight is 374 g/mol. The minimum absolute atomic E-state index is 0. The van der Waals surface area contributed by atoms with E-state index in [0.717, 1.165) is 38.1 Å². The van der Waals surface area contributed by atoms with Gasteiger partial charge in [-0.1, -0.05) is 6.92 Å². The van der Waals surface area contributed by atoms with E-state index in [1.807, 2.05) is 0 Å². The van der Waals surface area contributed by atoms with Gasteiger partial charge < -0.3 is 10.6 Å². The number of hydrogen-bond donors (Lipinski definition) is 2. The standard InChI is InChI=1S/C14H18F3N3O.2ClH/c1-13(5-2-6-18-8-13)9-20-12(21)11-4-3-10(7-19-11)14(15,16)17;;/h3-4,7,18H,2,5-6,8-9H2,1H3,(H,20,21);2*1H. The van der Waals surface area contributed by atoms with Gasteiger partial charge in [-0.05, 0) is 36.9 Å². The fourth-order valence-corrected chi connectivity index (χ4v) is 2.35. The molecule has 132 valence electrons.